The van der Waals surface area contributed by atoms with Crippen LogP contribution in [0.5, 0.6) is 11.5 Å². The molecular weight excluding hydrogens is 759 g/mol. The normalized spacial score (nSPS) is 17.0. The largest absolute Gasteiger partial charge is 0.539 e. The molecule has 1 unspecified atom stereocenters. The van der Waals surface area contributed by atoms with E-state index in [-0.39, 0.29) is 20.9 Å². The van der Waals surface area contributed by atoms with E-state index >= 15 is 0 Å². The third-order valence-electron chi connectivity index (χ3n) is 12.3. The monoisotopic (exact) mass is 805 g/mol. The average molecular weight is 805 g/mol. The molecule has 2 heterocycles. The first-order chi connectivity index (χ1) is 29.9. The summed E-state index contributed by atoms with van der Waals surface area (Å²) in [6.07, 6.45) is 0. The molecule has 5 nitrogen and oxygen atoms in total. The Morgan fingerprint density at radius 3 is 1.31 bits per heavy atom. The molecule has 1 atom stereocenters. The van der Waals surface area contributed by atoms with Crippen LogP contribution in [0.4, 0.5) is 17.1 Å². The summed E-state index contributed by atoms with van der Waals surface area (Å²) in [6, 6.07) is 80.6. The van der Waals surface area contributed by atoms with E-state index < -0.39 is 13.9 Å². The van der Waals surface area contributed by atoms with E-state index in [2.05, 4.69) is 259 Å². The van der Waals surface area contributed by atoms with Crippen LogP contribution in [0.15, 0.2) is 224 Å². The molecule has 0 N–H and O–H groups in total. The fourth-order valence-corrected chi connectivity index (χ4v) is 11.5. The van der Waals surface area contributed by atoms with Gasteiger partial charge in [-0.3, -0.25) is 0 Å². The van der Waals surface area contributed by atoms with Gasteiger partial charge in [-0.05, 0) is 84.9 Å². The third kappa shape index (κ3) is 6.99. The Morgan fingerprint density at radius 1 is 0.410 bits per heavy atom. The van der Waals surface area contributed by atoms with Gasteiger partial charge in [0.05, 0.1) is 0 Å². The number of ether oxygens (including phenoxy) is 1. The first kappa shape index (κ1) is 38.4. The fourth-order valence-electron chi connectivity index (χ4n) is 9.48. The molecule has 0 bridgehead atoms. The van der Waals surface area contributed by atoms with Crippen LogP contribution in [0.3, 0.4) is 0 Å². The zero-order valence-electron chi connectivity index (χ0n) is 34.8. The van der Waals surface area contributed by atoms with Gasteiger partial charge in [-0.15, -0.1) is 0 Å². The average Bonchev–Trinajstić information content (AvgIpc) is 3.32. The predicted octanol–water partition coefficient (Wildman–Crippen LogP) is 8.85. The van der Waals surface area contributed by atoms with Gasteiger partial charge >= 0.3 is 20.9 Å². The Balaban J connectivity index is 1.26. The first-order valence-corrected chi connectivity index (χ1v) is 24.1. The maximum atomic E-state index is 7.41. The van der Waals surface area contributed by atoms with Crippen molar-refractivity contribution >= 4 is 67.9 Å². The summed E-state index contributed by atoms with van der Waals surface area (Å²) in [6.45, 7) is 5.96. The Morgan fingerprint density at radius 2 is 0.803 bits per heavy atom. The zero-order chi connectivity index (χ0) is 41.4. The van der Waals surface area contributed by atoms with Gasteiger partial charge < -0.3 is 23.3 Å². The number of fused-ring (bicyclic) bond motifs is 2. The molecule has 8 aromatic carbocycles. The van der Waals surface area contributed by atoms with E-state index in [1.165, 1.54) is 16.4 Å². The molecule has 0 aliphatic carbocycles. The molecular formula is C52H46B3N3O2Si. The van der Waals surface area contributed by atoms with Crippen LogP contribution in [0.25, 0.3) is 0 Å². The van der Waals surface area contributed by atoms with Crippen molar-refractivity contribution in [1.29, 1.82) is 0 Å². The Hall–Kier alpha value is -6.83. The van der Waals surface area contributed by atoms with Crippen LogP contribution < -0.4 is 44.9 Å². The number of hydrogen-bond acceptors (Lipinski definition) is 5. The molecule has 61 heavy (non-hydrogen) atoms. The summed E-state index contributed by atoms with van der Waals surface area (Å²) in [4.78, 5) is 0. The summed E-state index contributed by atoms with van der Waals surface area (Å²) in [7, 11) is -2.40. The number of benzene rings is 8. The molecule has 1 fully saturated rings. The smallest absolute Gasteiger partial charge is 0.388 e. The summed E-state index contributed by atoms with van der Waals surface area (Å²) in [5.74, 6) is 1.72. The fraction of sp³-hybridized carbons (Fsp3) is 0.0769. The number of para-hydroxylation sites is 4. The quantitative estimate of drug-likeness (QED) is 0.150. The molecule has 2 aliphatic rings. The number of nitrogens with zero attached hydrogens (tertiary/aromatic N) is 3. The van der Waals surface area contributed by atoms with Crippen LogP contribution in [0.1, 0.15) is 18.1 Å². The van der Waals surface area contributed by atoms with Crippen molar-refractivity contribution in [2.24, 2.45) is 0 Å². The van der Waals surface area contributed by atoms with Crippen LogP contribution in [-0.4, -0.2) is 29.3 Å². The van der Waals surface area contributed by atoms with E-state index in [9.17, 15) is 0 Å². The van der Waals surface area contributed by atoms with Gasteiger partial charge in [-0.1, -0.05) is 176 Å². The van der Waals surface area contributed by atoms with Crippen molar-refractivity contribution in [2.75, 3.05) is 14.2 Å². The Bertz CT molecular complexity index is 2660. The molecule has 0 radical (unpaired) electrons. The SMILES string of the molecule is CC1(c2cccc(N3B(c4ccccc4)N(c4ccccc4)B(c4ccccc4)N(c4ccccc4)B3c3ccccc3)c2)Oc2ccccc2[Si](C)(C)Oc2ccccc21. The third-order valence-corrected chi connectivity index (χ3v) is 14.7. The molecule has 1 saturated heterocycles. The molecule has 0 saturated carbocycles. The van der Waals surface area contributed by atoms with Gasteiger partial charge in [0, 0.05) is 33.4 Å². The highest BCUT2D eigenvalue weighted by Gasteiger charge is 2.56. The minimum Gasteiger partial charge on any atom is -0.539 e. The number of hydrogen-bond donors (Lipinski definition) is 0. The lowest BCUT2D eigenvalue weighted by Gasteiger charge is -2.57. The maximum absolute atomic E-state index is 7.41. The van der Waals surface area contributed by atoms with Crippen LogP contribution >= 0.6 is 0 Å². The molecule has 0 spiro atoms. The van der Waals surface area contributed by atoms with Crippen molar-refractivity contribution in [1.82, 2.24) is 0 Å². The van der Waals surface area contributed by atoms with E-state index in [0.717, 1.165) is 44.9 Å². The minimum atomic E-state index is -2.40. The second kappa shape index (κ2) is 16.0. The molecule has 0 amide bonds. The number of anilines is 3. The summed E-state index contributed by atoms with van der Waals surface area (Å²) < 4.78 is 22.3. The van der Waals surface area contributed by atoms with Crippen LogP contribution in [0, 0.1) is 0 Å². The highest BCUT2D eigenvalue weighted by molar-refractivity contribution is 7.14. The molecule has 9 heteroatoms. The van der Waals surface area contributed by atoms with Gasteiger partial charge in [0.25, 0.3) is 8.32 Å². The predicted molar refractivity (Wildman–Crippen MR) is 260 cm³/mol. The molecule has 294 valence electrons. The van der Waals surface area contributed by atoms with E-state index in [0.29, 0.717) is 0 Å². The van der Waals surface area contributed by atoms with Gasteiger partial charge in [0.1, 0.15) is 11.5 Å². The highest BCUT2D eigenvalue weighted by Crippen LogP contribution is 2.44. The van der Waals surface area contributed by atoms with E-state index in [1.54, 1.807) is 0 Å². The lowest BCUT2D eigenvalue weighted by atomic mass is 9.37. The van der Waals surface area contributed by atoms with Gasteiger partial charge in [0.15, 0.2) is 5.60 Å². The summed E-state index contributed by atoms with van der Waals surface area (Å²) in [5.41, 5.74) is 7.97. The van der Waals surface area contributed by atoms with Gasteiger partial charge in [-0.2, -0.15) is 0 Å². The first-order valence-electron chi connectivity index (χ1n) is 21.2. The summed E-state index contributed by atoms with van der Waals surface area (Å²) >= 11 is 0. The molecule has 0 aromatic heterocycles. The van der Waals surface area contributed by atoms with Crippen molar-refractivity contribution < 1.29 is 9.16 Å². The number of rotatable bonds is 7. The standard InChI is InChI=1S/C52H46B3N3O2Si/c1-52(48-36-19-20-37-49(48)60-61(2,3)51-39-22-21-38-50(51)59-52)41-24-23-35-47(40-41)58-54(43-27-11-5-12-28-43)56(45-31-15-7-16-32-45)53(42-25-9-4-10-26-42)57(46-33-17-8-18-34-46)55(58)44-29-13-6-14-30-44/h4-40H,1-3H3. The maximum Gasteiger partial charge on any atom is 0.388 e. The topological polar surface area (TPSA) is 28.2 Å². The Kier molecular flexibility index (Phi) is 10.1. The van der Waals surface area contributed by atoms with Crippen LogP contribution in [0.2, 0.25) is 13.1 Å². The van der Waals surface area contributed by atoms with Crippen molar-refractivity contribution in [2.45, 2.75) is 25.6 Å². The highest BCUT2D eigenvalue weighted by atomic mass is 28.4. The lowest BCUT2D eigenvalue weighted by Crippen LogP contribution is -2.86. The lowest BCUT2D eigenvalue weighted by molar-refractivity contribution is 0.129. The van der Waals surface area contributed by atoms with Crippen molar-refractivity contribution in [3.8, 4) is 11.5 Å². The minimum absolute atomic E-state index is 0.208. The summed E-state index contributed by atoms with van der Waals surface area (Å²) in [5, 5.41) is 1.14. The second-order valence-electron chi connectivity index (χ2n) is 16.5. The zero-order valence-corrected chi connectivity index (χ0v) is 35.8. The van der Waals surface area contributed by atoms with Crippen molar-refractivity contribution in [3.05, 3.63) is 236 Å². The van der Waals surface area contributed by atoms with Gasteiger partial charge in [-0.25, -0.2) is 0 Å². The Labute approximate surface area is 362 Å². The van der Waals surface area contributed by atoms with Crippen molar-refractivity contribution in [3.63, 3.8) is 0 Å². The van der Waals surface area contributed by atoms with E-state index in [1.807, 2.05) is 0 Å². The second-order valence-corrected chi connectivity index (χ2v) is 20.3. The molecule has 10 rings (SSSR count). The van der Waals surface area contributed by atoms with Crippen LogP contribution in [-0.2, 0) is 5.60 Å². The molecule has 8 aromatic rings. The van der Waals surface area contributed by atoms with E-state index in [4.69, 9.17) is 9.16 Å². The molecule has 2 aliphatic heterocycles. The van der Waals surface area contributed by atoms with Gasteiger partial charge in [0.2, 0.25) is 0 Å².